The van der Waals surface area contributed by atoms with Gasteiger partial charge in [0.15, 0.2) is 0 Å². The Hall–Kier alpha value is -3.31. The Morgan fingerprint density at radius 1 is 0.875 bits per heavy atom. The van der Waals surface area contributed by atoms with E-state index in [9.17, 15) is 4.79 Å². The molecule has 1 aliphatic rings. The molecule has 0 aliphatic carbocycles. The largest absolute Gasteiger partial charge is 0.494 e. The minimum Gasteiger partial charge on any atom is -0.494 e. The maximum atomic E-state index is 12.5. The number of amides is 1. The lowest BCUT2D eigenvalue weighted by atomic mass is 10.1. The van der Waals surface area contributed by atoms with Crippen LogP contribution < -0.4 is 15.0 Å². The first-order chi connectivity index (χ1) is 15.7. The third kappa shape index (κ3) is 5.89. The van der Waals surface area contributed by atoms with Crippen LogP contribution in [0.5, 0.6) is 5.75 Å². The van der Waals surface area contributed by atoms with E-state index in [1.54, 1.807) is 12.1 Å². The Labute approximate surface area is 190 Å². The summed E-state index contributed by atoms with van der Waals surface area (Å²) in [4.78, 5) is 17.4. The molecule has 1 fully saturated rings. The molecule has 0 radical (unpaired) electrons. The maximum absolute atomic E-state index is 12.5. The normalized spacial score (nSPS) is 14.2. The van der Waals surface area contributed by atoms with Gasteiger partial charge in [0.25, 0.3) is 5.91 Å². The molecule has 0 saturated carbocycles. The molecule has 1 aliphatic heterocycles. The number of piperazine rings is 1. The summed E-state index contributed by atoms with van der Waals surface area (Å²) < 4.78 is 5.58. The minimum absolute atomic E-state index is 0.116. The van der Waals surface area contributed by atoms with E-state index in [0.29, 0.717) is 12.2 Å². The van der Waals surface area contributed by atoms with Gasteiger partial charge in [0.2, 0.25) is 0 Å². The smallest absolute Gasteiger partial charge is 0.255 e. The van der Waals surface area contributed by atoms with Gasteiger partial charge in [-0.15, -0.1) is 0 Å². The summed E-state index contributed by atoms with van der Waals surface area (Å²) in [6, 6.07) is 26.0. The Balaban J connectivity index is 1.27. The summed E-state index contributed by atoms with van der Waals surface area (Å²) in [6.45, 7) is 7.86. The molecule has 0 aromatic heterocycles. The molecule has 1 amide bonds. The number of nitrogens with zero attached hydrogens (tertiary/aromatic N) is 2. The molecule has 5 nitrogen and oxygen atoms in total. The first kappa shape index (κ1) is 21.9. The second kappa shape index (κ2) is 10.8. The summed E-state index contributed by atoms with van der Waals surface area (Å²) in [5, 5.41) is 2.98. The van der Waals surface area contributed by atoms with E-state index in [0.717, 1.165) is 50.6 Å². The molecule has 5 heteroatoms. The van der Waals surface area contributed by atoms with Crippen molar-refractivity contribution in [2.75, 3.05) is 43.0 Å². The van der Waals surface area contributed by atoms with E-state index in [2.05, 4.69) is 64.5 Å². The maximum Gasteiger partial charge on any atom is 0.255 e. The van der Waals surface area contributed by atoms with Crippen LogP contribution in [0.3, 0.4) is 0 Å². The minimum atomic E-state index is -0.116. The van der Waals surface area contributed by atoms with Crippen molar-refractivity contribution in [1.82, 2.24) is 4.90 Å². The number of hydrogen-bond donors (Lipinski definition) is 1. The summed E-state index contributed by atoms with van der Waals surface area (Å²) >= 11 is 0. The lowest BCUT2D eigenvalue weighted by Gasteiger charge is -2.36. The number of hydrogen-bond acceptors (Lipinski definition) is 4. The molecule has 3 aromatic rings. The van der Waals surface area contributed by atoms with Gasteiger partial charge in [0, 0.05) is 49.7 Å². The van der Waals surface area contributed by atoms with Crippen LogP contribution in [-0.2, 0) is 6.54 Å². The first-order valence-electron chi connectivity index (χ1n) is 11.4. The van der Waals surface area contributed by atoms with Crippen molar-refractivity contribution in [3.63, 3.8) is 0 Å². The number of carbonyl (C=O) groups is 1. The Morgan fingerprint density at radius 2 is 1.56 bits per heavy atom. The highest BCUT2D eigenvalue weighted by molar-refractivity contribution is 6.04. The number of carbonyl (C=O) groups excluding carboxylic acids is 1. The van der Waals surface area contributed by atoms with Gasteiger partial charge in [0.1, 0.15) is 5.75 Å². The van der Waals surface area contributed by atoms with E-state index in [-0.39, 0.29) is 5.91 Å². The Morgan fingerprint density at radius 3 is 2.22 bits per heavy atom. The van der Waals surface area contributed by atoms with Crippen LogP contribution in [-0.4, -0.2) is 43.6 Å². The van der Waals surface area contributed by atoms with Crippen LogP contribution in [0.2, 0.25) is 0 Å². The molecule has 3 aromatic carbocycles. The topological polar surface area (TPSA) is 44.8 Å². The average Bonchev–Trinajstić information content (AvgIpc) is 2.85. The van der Waals surface area contributed by atoms with Gasteiger partial charge in [-0.05, 0) is 60.5 Å². The zero-order chi connectivity index (χ0) is 22.2. The molecule has 0 spiro atoms. The standard InChI is InChI=1S/C27H31N3O2/c1-2-20-32-26-14-8-23(9-15-26)27(31)28-24-10-12-25(13-11-24)30-18-16-29(17-19-30)21-22-6-4-3-5-7-22/h3-15H,2,16-21H2,1H3,(H,28,31). The number of benzene rings is 3. The second-order valence-corrected chi connectivity index (χ2v) is 8.12. The highest BCUT2D eigenvalue weighted by Crippen LogP contribution is 2.21. The molecular weight excluding hydrogens is 398 g/mol. The number of anilines is 2. The summed E-state index contributed by atoms with van der Waals surface area (Å²) in [7, 11) is 0. The fraction of sp³-hybridized carbons (Fsp3) is 0.296. The van der Waals surface area contributed by atoms with Crippen LogP contribution in [0.1, 0.15) is 29.3 Å². The lowest BCUT2D eigenvalue weighted by molar-refractivity contribution is 0.102. The molecule has 0 bridgehead atoms. The Kier molecular flexibility index (Phi) is 7.41. The van der Waals surface area contributed by atoms with Crippen molar-refractivity contribution in [3.8, 4) is 5.75 Å². The molecule has 4 rings (SSSR count). The molecule has 1 N–H and O–H groups in total. The van der Waals surface area contributed by atoms with Crippen LogP contribution in [0.15, 0.2) is 78.9 Å². The van der Waals surface area contributed by atoms with Crippen molar-refractivity contribution >= 4 is 17.3 Å². The quantitative estimate of drug-likeness (QED) is 0.544. The molecule has 1 heterocycles. The van der Waals surface area contributed by atoms with Crippen molar-refractivity contribution in [2.45, 2.75) is 19.9 Å². The van der Waals surface area contributed by atoms with Gasteiger partial charge in [-0.1, -0.05) is 37.3 Å². The first-order valence-corrected chi connectivity index (χ1v) is 11.4. The molecule has 0 atom stereocenters. The number of rotatable bonds is 8. The van der Waals surface area contributed by atoms with E-state index in [4.69, 9.17) is 4.74 Å². The SMILES string of the molecule is CCCOc1ccc(C(=O)Nc2ccc(N3CCN(Cc4ccccc4)CC3)cc2)cc1. The number of nitrogens with one attached hydrogen (secondary N) is 1. The van der Waals surface area contributed by atoms with Gasteiger partial charge >= 0.3 is 0 Å². The fourth-order valence-electron chi connectivity index (χ4n) is 3.89. The van der Waals surface area contributed by atoms with E-state index < -0.39 is 0 Å². The third-order valence-corrected chi connectivity index (χ3v) is 5.70. The zero-order valence-electron chi connectivity index (χ0n) is 18.7. The summed E-state index contributed by atoms with van der Waals surface area (Å²) in [6.07, 6.45) is 0.960. The third-order valence-electron chi connectivity index (χ3n) is 5.70. The van der Waals surface area contributed by atoms with Crippen LogP contribution >= 0.6 is 0 Å². The van der Waals surface area contributed by atoms with Crippen LogP contribution in [0.25, 0.3) is 0 Å². The van der Waals surface area contributed by atoms with Crippen molar-refractivity contribution in [3.05, 3.63) is 90.0 Å². The Bertz CT molecular complexity index is 980. The fourth-order valence-corrected chi connectivity index (χ4v) is 3.89. The van der Waals surface area contributed by atoms with Crippen molar-refractivity contribution in [1.29, 1.82) is 0 Å². The second-order valence-electron chi connectivity index (χ2n) is 8.12. The molecule has 166 valence electrons. The highest BCUT2D eigenvalue weighted by atomic mass is 16.5. The summed E-state index contributed by atoms with van der Waals surface area (Å²) in [5.74, 6) is 0.672. The lowest BCUT2D eigenvalue weighted by Crippen LogP contribution is -2.45. The average molecular weight is 430 g/mol. The molecular formula is C27H31N3O2. The molecule has 1 saturated heterocycles. The van der Waals surface area contributed by atoms with Gasteiger partial charge < -0.3 is 15.0 Å². The predicted octanol–water partition coefficient (Wildman–Crippen LogP) is 5.05. The van der Waals surface area contributed by atoms with Crippen LogP contribution in [0, 0.1) is 0 Å². The van der Waals surface area contributed by atoms with Gasteiger partial charge in [-0.3, -0.25) is 9.69 Å². The van der Waals surface area contributed by atoms with E-state index >= 15 is 0 Å². The number of ether oxygens (including phenoxy) is 1. The summed E-state index contributed by atoms with van der Waals surface area (Å²) in [5.41, 5.74) is 3.98. The van der Waals surface area contributed by atoms with Crippen molar-refractivity contribution < 1.29 is 9.53 Å². The zero-order valence-corrected chi connectivity index (χ0v) is 18.7. The predicted molar refractivity (Wildman–Crippen MR) is 131 cm³/mol. The monoisotopic (exact) mass is 429 g/mol. The molecule has 32 heavy (non-hydrogen) atoms. The van der Waals surface area contributed by atoms with E-state index in [1.165, 1.54) is 11.3 Å². The van der Waals surface area contributed by atoms with Gasteiger partial charge in [0.05, 0.1) is 6.61 Å². The van der Waals surface area contributed by atoms with E-state index in [1.807, 2.05) is 24.3 Å². The highest BCUT2D eigenvalue weighted by Gasteiger charge is 2.17. The van der Waals surface area contributed by atoms with Gasteiger partial charge in [-0.2, -0.15) is 0 Å². The van der Waals surface area contributed by atoms with Crippen LogP contribution in [0.4, 0.5) is 11.4 Å². The van der Waals surface area contributed by atoms with Gasteiger partial charge in [-0.25, -0.2) is 0 Å². The van der Waals surface area contributed by atoms with Crippen molar-refractivity contribution in [2.24, 2.45) is 0 Å². The molecule has 0 unspecified atom stereocenters.